The van der Waals surface area contributed by atoms with E-state index in [4.69, 9.17) is 5.26 Å². The number of nitro benzene ring substituents is 1. The summed E-state index contributed by atoms with van der Waals surface area (Å²) in [6, 6.07) is 6.67. The molecular formula is C14H18N4O2. The zero-order valence-corrected chi connectivity index (χ0v) is 11.7. The van der Waals surface area contributed by atoms with Crippen molar-refractivity contribution < 1.29 is 4.92 Å². The van der Waals surface area contributed by atoms with Crippen molar-refractivity contribution in [1.82, 2.24) is 5.32 Å². The van der Waals surface area contributed by atoms with Crippen LogP contribution in [0.15, 0.2) is 18.2 Å². The zero-order valence-electron chi connectivity index (χ0n) is 11.7. The summed E-state index contributed by atoms with van der Waals surface area (Å²) in [5.74, 6) is 0. The lowest BCUT2D eigenvalue weighted by Gasteiger charge is -2.40. The maximum atomic E-state index is 11.0. The highest BCUT2D eigenvalue weighted by Crippen LogP contribution is 2.29. The number of piperidine rings is 1. The van der Waals surface area contributed by atoms with Crippen molar-refractivity contribution in [1.29, 1.82) is 5.26 Å². The summed E-state index contributed by atoms with van der Waals surface area (Å²) in [6.07, 6.45) is 1.97. The number of nitrogens with one attached hydrogen (secondary N) is 1. The molecule has 6 nitrogen and oxygen atoms in total. The minimum absolute atomic E-state index is 0.107. The molecule has 1 fully saturated rings. The highest BCUT2D eigenvalue weighted by atomic mass is 16.6. The lowest BCUT2D eigenvalue weighted by Crippen LogP contribution is -2.50. The first-order valence-electron chi connectivity index (χ1n) is 6.61. The van der Waals surface area contributed by atoms with Crippen LogP contribution in [0, 0.1) is 21.4 Å². The first kappa shape index (κ1) is 14.3. The topological polar surface area (TPSA) is 82.2 Å². The molecule has 0 radical (unpaired) electrons. The molecule has 1 heterocycles. The SMILES string of the molecule is CNC1(C)CCN(c2ccc(C#N)c([N+](=O)[O-])c2)CC1. The molecule has 1 aromatic rings. The summed E-state index contributed by atoms with van der Waals surface area (Å²) in [7, 11) is 1.96. The van der Waals surface area contributed by atoms with Crippen LogP contribution in [0.5, 0.6) is 0 Å². The van der Waals surface area contributed by atoms with Crippen molar-refractivity contribution in [3.63, 3.8) is 0 Å². The van der Waals surface area contributed by atoms with Gasteiger partial charge in [0.05, 0.1) is 4.92 Å². The Morgan fingerprint density at radius 1 is 1.45 bits per heavy atom. The van der Waals surface area contributed by atoms with Crippen LogP contribution in [0.1, 0.15) is 25.3 Å². The van der Waals surface area contributed by atoms with E-state index < -0.39 is 4.92 Å². The summed E-state index contributed by atoms with van der Waals surface area (Å²) in [4.78, 5) is 12.6. The van der Waals surface area contributed by atoms with Gasteiger partial charge in [0, 0.05) is 30.4 Å². The molecule has 106 valence electrons. The van der Waals surface area contributed by atoms with Gasteiger partial charge in [-0.15, -0.1) is 0 Å². The van der Waals surface area contributed by atoms with Crippen LogP contribution in [0.2, 0.25) is 0 Å². The average Bonchev–Trinajstić information content (AvgIpc) is 2.47. The van der Waals surface area contributed by atoms with Gasteiger partial charge in [0.15, 0.2) is 0 Å². The predicted octanol–water partition coefficient (Wildman–Crippen LogP) is 2.04. The number of rotatable bonds is 3. The summed E-state index contributed by atoms with van der Waals surface area (Å²) in [5.41, 5.74) is 0.936. The van der Waals surface area contributed by atoms with Gasteiger partial charge in [-0.3, -0.25) is 10.1 Å². The molecule has 0 bridgehead atoms. The third kappa shape index (κ3) is 2.73. The summed E-state index contributed by atoms with van der Waals surface area (Å²) < 4.78 is 0. The van der Waals surface area contributed by atoms with E-state index in [0.29, 0.717) is 0 Å². The molecule has 1 N–H and O–H groups in total. The van der Waals surface area contributed by atoms with Gasteiger partial charge in [-0.05, 0) is 38.9 Å². The Balaban J connectivity index is 2.21. The van der Waals surface area contributed by atoms with Gasteiger partial charge in [-0.25, -0.2) is 0 Å². The first-order valence-corrected chi connectivity index (χ1v) is 6.61. The average molecular weight is 274 g/mol. The molecule has 0 aromatic heterocycles. The van der Waals surface area contributed by atoms with Crippen LogP contribution in [-0.4, -0.2) is 30.6 Å². The maximum Gasteiger partial charge on any atom is 0.289 e. The van der Waals surface area contributed by atoms with Gasteiger partial charge in [-0.2, -0.15) is 5.26 Å². The fourth-order valence-electron chi connectivity index (χ4n) is 2.47. The molecular weight excluding hydrogens is 256 g/mol. The van der Waals surface area contributed by atoms with E-state index in [9.17, 15) is 10.1 Å². The maximum absolute atomic E-state index is 11.0. The number of nitriles is 1. The molecule has 0 aliphatic carbocycles. The molecule has 1 aliphatic heterocycles. The summed E-state index contributed by atoms with van der Waals surface area (Å²) in [6.45, 7) is 3.88. The summed E-state index contributed by atoms with van der Waals surface area (Å²) >= 11 is 0. The molecule has 0 spiro atoms. The second-order valence-electron chi connectivity index (χ2n) is 5.37. The van der Waals surface area contributed by atoms with Crippen LogP contribution in [0.4, 0.5) is 11.4 Å². The van der Waals surface area contributed by atoms with Crippen LogP contribution in [0.3, 0.4) is 0 Å². The minimum atomic E-state index is -0.496. The molecule has 20 heavy (non-hydrogen) atoms. The van der Waals surface area contributed by atoms with Crippen molar-refractivity contribution in [2.45, 2.75) is 25.3 Å². The molecule has 1 aliphatic rings. The van der Waals surface area contributed by atoms with Gasteiger partial charge < -0.3 is 10.2 Å². The van der Waals surface area contributed by atoms with E-state index in [1.165, 1.54) is 12.1 Å². The molecule has 0 amide bonds. The molecule has 6 heteroatoms. The highest BCUT2D eigenvalue weighted by Gasteiger charge is 2.29. The van der Waals surface area contributed by atoms with Crippen LogP contribution >= 0.6 is 0 Å². The Bertz CT molecular complexity index is 557. The van der Waals surface area contributed by atoms with Crippen LogP contribution in [0.25, 0.3) is 0 Å². The number of hydrogen-bond acceptors (Lipinski definition) is 5. The van der Waals surface area contributed by atoms with Gasteiger partial charge in [-0.1, -0.05) is 0 Å². The molecule has 0 saturated carbocycles. The second kappa shape index (κ2) is 5.47. The van der Waals surface area contributed by atoms with Crippen molar-refractivity contribution in [2.75, 3.05) is 25.0 Å². The van der Waals surface area contributed by atoms with Gasteiger partial charge in [0.2, 0.25) is 0 Å². The predicted molar refractivity (Wildman–Crippen MR) is 76.7 cm³/mol. The standard InChI is InChI=1S/C14H18N4O2/c1-14(16-2)5-7-17(8-6-14)12-4-3-11(10-15)13(9-12)18(19)20/h3-4,9,16H,5-8H2,1-2H3. The monoisotopic (exact) mass is 274 g/mol. The first-order chi connectivity index (χ1) is 9.49. The van der Waals surface area contributed by atoms with E-state index in [1.54, 1.807) is 6.07 Å². The number of hydrogen-bond donors (Lipinski definition) is 1. The third-order valence-corrected chi connectivity index (χ3v) is 4.13. The Morgan fingerprint density at radius 2 is 2.10 bits per heavy atom. The number of anilines is 1. The molecule has 0 unspecified atom stereocenters. The number of benzene rings is 1. The van der Waals surface area contributed by atoms with E-state index in [1.807, 2.05) is 13.1 Å². The lowest BCUT2D eigenvalue weighted by molar-refractivity contribution is -0.385. The molecule has 1 aromatic carbocycles. The third-order valence-electron chi connectivity index (χ3n) is 4.13. The fraction of sp³-hybridized carbons (Fsp3) is 0.500. The van der Waals surface area contributed by atoms with Crippen molar-refractivity contribution >= 4 is 11.4 Å². The smallest absolute Gasteiger partial charge is 0.289 e. The normalized spacial score (nSPS) is 17.6. The van der Waals surface area contributed by atoms with Crippen LogP contribution in [-0.2, 0) is 0 Å². The highest BCUT2D eigenvalue weighted by molar-refractivity contribution is 5.60. The van der Waals surface area contributed by atoms with E-state index in [-0.39, 0.29) is 16.8 Å². The quantitative estimate of drug-likeness (QED) is 0.673. The van der Waals surface area contributed by atoms with Crippen molar-refractivity contribution in [2.24, 2.45) is 0 Å². The van der Waals surface area contributed by atoms with Gasteiger partial charge in [0.1, 0.15) is 11.6 Å². The van der Waals surface area contributed by atoms with Crippen molar-refractivity contribution in [3.8, 4) is 6.07 Å². The number of nitro groups is 1. The molecule has 2 rings (SSSR count). The molecule has 1 saturated heterocycles. The van der Waals surface area contributed by atoms with Crippen LogP contribution < -0.4 is 10.2 Å². The summed E-state index contributed by atoms with van der Waals surface area (Å²) in [5, 5.41) is 23.2. The van der Waals surface area contributed by atoms with E-state index >= 15 is 0 Å². The largest absolute Gasteiger partial charge is 0.371 e. The minimum Gasteiger partial charge on any atom is -0.371 e. The number of nitrogens with zero attached hydrogens (tertiary/aromatic N) is 3. The van der Waals surface area contributed by atoms with E-state index in [0.717, 1.165) is 31.6 Å². The zero-order chi connectivity index (χ0) is 14.8. The molecule has 0 atom stereocenters. The van der Waals surface area contributed by atoms with E-state index in [2.05, 4.69) is 17.1 Å². The fourth-order valence-corrected chi connectivity index (χ4v) is 2.47. The van der Waals surface area contributed by atoms with Gasteiger partial charge >= 0.3 is 0 Å². The van der Waals surface area contributed by atoms with Crippen molar-refractivity contribution in [3.05, 3.63) is 33.9 Å². The Labute approximate surface area is 118 Å². The lowest BCUT2D eigenvalue weighted by atomic mass is 9.89. The Kier molecular flexibility index (Phi) is 3.91. The van der Waals surface area contributed by atoms with Gasteiger partial charge in [0.25, 0.3) is 5.69 Å². The Hall–Kier alpha value is -2.13. The Morgan fingerprint density at radius 3 is 2.60 bits per heavy atom. The second-order valence-corrected chi connectivity index (χ2v) is 5.37.